The molecule has 0 radical (unpaired) electrons. The van der Waals surface area contributed by atoms with E-state index in [2.05, 4.69) is 25.6 Å². The van der Waals surface area contributed by atoms with Crippen LogP contribution in [0.2, 0.25) is 0 Å². The highest BCUT2D eigenvalue weighted by Crippen LogP contribution is 2.18. The molecule has 2 heterocycles. The summed E-state index contributed by atoms with van der Waals surface area (Å²) >= 11 is 1.41. The van der Waals surface area contributed by atoms with Gasteiger partial charge in [-0.2, -0.15) is 0 Å². The number of anilines is 1. The summed E-state index contributed by atoms with van der Waals surface area (Å²) in [7, 11) is 1.64. The van der Waals surface area contributed by atoms with E-state index in [1.54, 1.807) is 12.5 Å². The Kier molecular flexibility index (Phi) is 5.71. The van der Waals surface area contributed by atoms with Gasteiger partial charge in [0.15, 0.2) is 5.13 Å². The average molecular weight is 407 g/mol. The third kappa shape index (κ3) is 4.72. The van der Waals surface area contributed by atoms with Crippen molar-refractivity contribution in [3.8, 4) is 5.75 Å². The molecular formula is C21H21N5O2S. The lowest BCUT2D eigenvalue weighted by Gasteiger charge is -2.04. The molecule has 3 N–H and O–H groups in total. The number of nitrogens with one attached hydrogen (secondary N) is 3. The molecule has 0 unspecified atom stereocenters. The van der Waals surface area contributed by atoms with Crippen molar-refractivity contribution in [1.29, 1.82) is 0 Å². The normalized spacial score (nSPS) is 10.8. The fourth-order valence-corrected chi connectivity index (χ4v) is 3.58. The first-order chi connectivity index (χ1) is 14.2. The molecule has 0 spiro atoms. The molecule has 1 amide bonds. The summed E-state index contributed by atoms with van der Waals surface area (Å²) in [5.74, 6) is 1.49. The smallest absolute Gasteiger partial charge is 0.270 e. The van der Waals surface area contributed by atoms with Crippen LogP contribution in [-0.2, 0) is 13.0 Å². The van der Waals surface area contributed by atoms with Crippen molar-refractivity contribution in [2.24, 2.45) is 0 Å². The van der Waals surface area contributed by atoms with E-state index in [0.29, 0.717) is 30.3 Å². The Morgan fingerprint density at radius 3 is 2.76 bits per heavy atom. The highest BCUT2D eigenvalue weighted by Gasteiger charge is 2.11. The number of carbonyl (C=O) groups excluding carboxylic acids is 1. The molecule has 4 aromatic rings. The van der Waals surface area contributed by atoms with E-state index in [-0.39, 0.29) is 5.91 Å². The summed E-state index contributed by atoms with van der Waals surface area (Å²) in [6.45, 7) is 1.12. The van der Waals surface area contributed by atoms with Crippen LogP contribution in [-0.4, -0.2) is 34.5 Å². The van der Waals surface area contributed by atoms with Gasteiger partial charge in [0.1, 0.15) is 17.3 Å². The SMILES string of the molecule is COc1ccc(CNc2nc(C(=O)NCCc3nc4ccccc4[nH]3)cs2)cc1. The molecule has 148 valence electrons. The number of hydrogen-bond donors (Lipinski definition) is 3. The van der Waals surface area contributed by atoms with Crippen molar-refractivity contribution in [3.63, 3.8) is 0 Å². The lowest BCUT2D eigenvalue weighted by Crippen LogP contribution is -2.26. The molecule has 0 bridgehead atoms. The van der Waals surface area contributed by atoms with Gasteiger partial charge in [-0.1, -0.05) is 24.3 Å². The molecule has 0 saturated carbocycles. The minimum atomic E-state index is -0.185. The second-order valence-electron chi connectivity index (χ2n) is 6.45. The zero-order valence-corrected chi connectivity index (χ0v) is 16.8. The molecule has 0 saturated heterocycles. The first-order valence-electron chi connectivity index (χ1n) is 9.25. The van der Waals surface area contributed by atoms with Gasteiger partial charge in [0.25, 0.3) is 5.91 Å². The lowest BCUT2D eigenvalue weighted by molar-refractivity contribution is 0.0950. The van der Waals surface area contributed by atoms with Crippen LogP contribution in [0.15, 0.2) is 53.9 Å². The molecule has 29 heavy (non-hydrogen) atoms. The molecule has 0 atom stereocenters. The molecule has 2 aromatic heterocycles. The van der Waals surface area contributed by atoms with Crippen molar-refractivity contribution in [2.45, 2.75) is 13.0 Å². The second-order valence-corrected chi connectivity index (χ2v) is 7.30. The number of carbonyl (C=O) groups is 1. The first kappa shape index (κ1) is 18.9. The van der Waals surface area contributed by atoms with Gasteiger partial charge in [-0.25, -0.2) is 9.97 Å². The minimum absolute atomic E-state index is 0.185. The fourth-order valence-electron chi connectivity index (χ4n) is 2.89. The van der Waals surface area contributed by atoms with E-state index >= 15 is 0 Å². The average Bonchev–Trinajstić information content (AvgIpc) is 3.39. The van der Waals surface area contributed by atoms with Gasteiger partial charge in [0, 0.05) is 24.9 Å². The van der Waals surface area contributed by atoms with Crippen molar-refractivity contribution in [1.82, 2.24) is 20.3 Å². The molecule has 0 aliphatic carbocycles. The number of methoxy groups -OCH3 is 1. The summed E-state index contributed by atoms with van der Waals surface area (Å²) in [6.07, 6.45) is 0.632. The van der Waals surface area contributed by atoms with Crippen LogP contribution >= 0.6 is 11.3 Å². The first-order valence-corrected chi connectivity index (χ1v) is 10.1. The molecule has 0 aliphatic rings. The fraction of sp³-hybridized carbons (Fsp3) is 0.190. The van der Waals surface area contributed by atoms with Crippen LogP contribution in [0.4, 0.5) is 5.13 Å². The van der Waals surface area contributed by atoms with Crippen LogP contribution in [0.5, 0.6) is 5.75 Å². The van der Waals surface area contributed by atoms with Crippen LogP contribution in [0.1, 0.15) is 21.9 Å². The number of para-hydroxylation sites is 2. The van der Waals surface area contributed by atoms with Crippen LogP contribution < -0.4 is 15.4 Å². The van der Waals surface area contributed by atoms with E-state index in [1.807, 2.05) is 48.5 Å². The highest BCUT2D eigenvalue weighted by atomic mass is 32.1. The molecule has 8 heteroatoms. The number of nitrogens with zero attached hydrogens (tertiary/aromatic N) is 2. The Bertz CT molecular complexity index is 1070. The number of benzene rings is 2. The number of ether oxygens (including phenoxy) is 1. The molecule has 4 rings (SSSR count). The summed E-state index contributed by atoms with van der Waals surface area (Å²) < 4.78 is 5.16. The van der Waals surface area contributed by atoms with E-state index in [4.69, 9.17) is 4.74 Å². The Hall–Kier alpha value is -3.39. The number of aromatic amines is 1. The molecule has 0 fully saturated rings. The van der Waals surface area contributed by atoms with E-state index in [9.17, 15) is 4.79 Å². The largest absolute Gasteiger partial charge is 0.497 e. The zero-order chi connectivity index (χ0) is 20.1. The quantitative estimate of drug-likeness (QED) is 0.415. The predicted octanol–water partition coefficient (Wildman–Crippen LogP) is 3.61. The number of amides is 1. The maximum absolute atomic E-state index is 12.3. The summed E-state index contributed by atoms with van der Waals surface area (Å²) in [5.41, 5.74) is 3.46. The van der Waals surface area contributed by atoms with Gasteiger partial charge < -0.3 is 20.4 Å². The molecular weight excluding hydrogens is 386 g/mol. The maximum Gasteiger partial charge on any atom is 0.270 e. The van der Waals surface area contributed by atoms with Crippen molar-refractivity contribution >= 4 is 33.4 Å². The molecule has 0 aliphatic heterocycles. The third-order valence-corrected chi connectivity index (χ3v) is 5.23. The molecule has 2 aromatic carbocycles. The van der Waals surface area contributed by atoms with Crippen molar-refractivity contribution in [3.05, 3.63) is 71.0 Å². The topological polar surface area (TPSA) is 91.9 Å². The van der Waals surface area contributed by atoms with Crippen LogP contribution in [0, 0.1) is 0 Å². The van der Waals surface area contributed by atoms with E-state index < -0.39 is 0 Å². The number of fused-ring (bicyclic) bond motifs is 1. The number of aromatic nitrogens is 3. The van der Waals surface area contributed by atoms with Crippen LogP contribution in [0.3, 0.4) is 0 Å². The van der Waals surface area contributed by atoms with Crippen LogP contribution in [0.25, 0.3) is 11.0 Å². The number of imidazole rings is 1. The lowest BCUT2D eigenvalue weighted by atomic mass is 10.2. The standard InChI is InChI=1S/C21H21N5O2S/c1-28-15-8-6-14(7-9-15)12-23-21-26-18(13-29-21)20(27)22-11-10-19-24-16-4-2-3-5-17(16)25-19/h2-9,13H,10-12H2,1H3,(H,22,27)(H,23,26)(H,24,25). The number of hydrogen-bond acceptors (Lipinski definition) is 6. The van der Waals surface area contributed by atoms with Gasteiger partial charge in [-0.15, -0.1) is 11.3 Å². The summed E-state index contributed by atoms with van der Waals surface area (Å²) in [6, 6.07) is 15.7. The Morgan fingerprint density at radius 2 is 1.97 bits per heavy atom. The maximum atomic E-state index is 12.3. The van der Waals surface area contributed by atoms with Gasteiger partial charge in [-0.3, -0.25) is 4.79 Å². The Balaban J connectivity index is 1.26. The Morgan fingerprint density at radius 1 is 1.14 bits per heavy atom. The Labute approximate surface area is 172 Å². The van der Waals surface area contributed by atoms with Crippen molar-refractivity contribution in [2.75, 3.05) is 19.0 Å². The highest BCUT2D eigenvalue weighted by molar-refractivity contribution is 7.13. The monoisotopic (exact) mass is 407 g/mol. The predicted molar refractivity (Wildman–Crippen MR) is 115 cm³/mol. The van der Waals surface area contributed by atoms with Gasteiger partial charge in [-0.05, 0) is 29.8 Å². The third-order valence-electron chi connectivity index (χ3n) is 4.43. The summed E-state index contributed by atoms with van der Waals surface area (Å²) in [5, 5.41) is 8.61. The molecule has 7 nitrogen and oxygen atoms in total. The minimum Gasteiger partial charge on any atom is -0.497 e. The van der Waals surface area contributed by atoms with E-state index in [1.165, 1.54) is 11.3 Å². The van der Waals surface area contributed by atoms with Gasteiger partial charge >= 0.3 is 0 Å². The zero-order valence-electron chi connectivity index (χ0n) is 15.9. The van der Waals surface area contributed by atoms with Gasteiger partial charge in [0.2, 0.25) is 0 Å². The number of rotatable bonds is 8. The van der Waals surface area contributed by atoms with E-state index in [0.717, 1.165) is 28.2 Å². The second kappa shape index (κ2) is 8.74. The van der Waals surface area contributed by atoms with Gasteiger partial charge in [0.05, 0.1) is 18.1 Å². The number of H-pyrrole nitrogens is 1. The van der Waals surface area contributed by atoms with Crippen molar-refractivity contribution < 1.29 is 9.53 Å². The number of thiazole rings is 1. The summed E-state index contributed by atoms with van der Waals surface area (Å²) in [4.78, 5) is 24.5.